The highest BCUT2D eigenvalue weighted by molar-refractivity contribution is 6.00. The Morgan fingerprint density at radius 2 is 2.24 bits per heavy atom. The van der Waals surface area contributed by atoms with Crippen molar-refractivity contribution in [2.75, 3.05) is 6.61 Å². The van der Waals surface area contributed by atoms with Crippen molar-refractivity contribution in [1.29, 1.82) is 0 Å². The second kappa shape index (κ2) is 4.33. The van der Waals surface area contributed by atoms with Gasteiger partial charge in [-0.05, 0) is 37.8 Å². The number of benzene rings is 1. The summed E-state index contributed by atoms with van der Waals surface area (Å²) in [5.74, 6) is 1.09. The lowest BCUT2D eigenvalue weighted by Gasteiger charge is -2.36. The van der Waals surface area contributed by atoms with Crippen LogP contribution >= 0.6 is 0 Å². The van der Waals surface area contributed by atoms with Crippen LogP contribution in [0.4, 0.5) is 0 Å². The first-order valence-electron chi connectivity index (χ1n) is 7.64. The first kappa shape index (κ1) is 12.9. The molecular formula is C17H18O4. The van der Waals surface area contributed by atoms with E-state index in [-0.39, 0.29) is 23.6 Å². The Hall–Kier alpha value is -1.84. The van der Waals surface area contributed by atoms with Gasteiger partial charge in [-0.2, -0.15) is 0 Å². The van der Waals surface area contributed by atoms with Crippen molar-refractivity contribution in [3.63, 3.8) is 0 Å². The number of Topliss-reactive ketones (excluding diaryl/α,β-unsaturated/α-hetero) is 1. The van der Waals surface area contributed by atoms with Crippen molar-refractivity contribution in [2.24, 2.45) is 17.8 Å². The van der Waals surface area contributed by atoms with E-state index in [9.17, 15) is 9.59 Å². The molecule has 1 aromatic rings. The van der Waals surface area contributed by atoms with Gasteiger partial charge in [-0.1, -0.05) is 12.1 Å². The van der Waals surface area contributed by atoms with Gasteiger partial charge in [-0.3, -0.25) is 9.59 Å². The standard InChI is InChI=1S/C17H18O4/c1-2-20-16(19)14-11-7-8-17(15(11)14)9-12(18)10-5-3-4-6-13(10)21-17/h3-6,11,14-15H,2,7-9H2,1H3/t11-,14-,15+,17-/m1/s1. The molecule has 0 bridgehead atoms. The number of esters is 1. The van der Waals surface area contributed by atoms with Gasteiger partial charge in [0, 0.05) is 5.92 Å². The predicted molar refractivity (Wildman–Crippen MR) is 75.1 cm³/mol. The molecule has 1 heterocycles. The highest BCUT2D eigenvalue weighted by atomic mass is 16.5. The van der Waals surface area contributed by atoms with Crippen LogP contribution in [-0.2, 0) is 9.53 Å². The molecule has 0 aromatic heterocycles. The van der Waals surface area contributed by atoms with Crippen molar-refractivity contribution in [3.8, 4) is 5.75 Å². The van der Waals surface area contributed by atoms with E-state index in [2.05, 4.69) is 0 Å². The average molecular weight is 286 g/mol. The molecule has 2 saturated carbocycles. The van der Waals surface area contributed by atoms with Crippen LogP contribution in [0.2, 0.25) is 0 Å². The van der Waals surface area contributed by atoms with Crippen LogP contribution in [0.15, 0.2) is 24.3 Å². The molecule has 4 atom stereocenters. The van der Waals surface area contributed by atoms with Gasteiger partial charge >= 0.3 is 5.97 Å². The van der Waals surface area contributed by atoms with Gasteiger partial charge < -0.3 is 9.47 Å². The van der Waals surface area contributed by atoms with Gasteiger partial charge in [-0.25, -0.2) is 0 Å². The second-order valence-corrected chi connectivity index (χ2v) is 6.27. The zero-order chi connectivity index (χ0) is 14.6. The number of ether oxygens (including phenoxy) is 2. The molecule has 0 amide bonds. The van der Waals surface area contributed by atoms with Gasteiger partial charge in [0.25, 0.3) is 0 Å². The van der Waals surface area contributed by atoms with E-state index in [0.29, 0.717) is 30.3 Å². The van der Waals surface area contributed by atoms with Gasteiger partial charge in [-0.15, -0.1) is 0 Å². The number of rotatable bonds is 2. The second-order valence-electron chi connectivity index (χ2n) is 6.27. The third kappa shape index (κ3) is 1.74. The summed E-state index contributed by atoms with van der Waals surface area (Å²) in [5.41, 5.74) is 0.188. The summed E-state index contributed by atoms with van der Waals surface area (Å²) in [6.45, 7) is 2.23. The fraction of sp³-hybridized carbons (Fsp3) is 0.529. The lowest BCUT2D eigenvalue weighted by atomic mass is 9.84. The van der Waals surface area contributed by atoms with Gasteiger partial charge in [0.05, 0.1) is 24.5 Å². The molecule has 0 N–H and O–H groups in total. The monoisotopic (exact) mass is 286 g/mol. The number of hydrogen-bond donors (Lipinski definition) is 0. The first-order valence-corrected chi connectivity index (χ1v) is 7.64. The molecule has 1 aromatic carbocycles. The van der Waals surface area contributed by atoms with Gasteiger partial charge in [0.1, 0.15) is 11.4 Å². The summed E-state index contributed by atoms with van der Waals surface area (Å²) in [5, 5.41) is 0. The Bertz CT molecular complexity index is 623. The number of para-hydroxylation sites is 1. The Labute approximate surface area is 123 Å². The molecule has 4 nitrogen and oxygen atoms in total. The third-order valence-electron chi connectivity index (χ3n) is 5.20. The van der Waals surface area contributed by atoms with Gasteiger partial charge in [0.15, 0.2) is 5.78 Å². The van der Waals surface area contributed by atoms with Crippen molar-refractivity contribution >= 4 is 11.8 Å². The molecule has 110 valence electrons. The lowest BCUT2D eigenvalue weighted by molar-refractivity contribution is -0.146. The van der Waals surface area contributed by atoms with Crippen LogP contribution in [0.25, 0.3) is 0 Å². The molecule has 0 unspecified atom stereocenters. The number of carbonyl (C=O) groups excluding carboxylic acids is 2. The molecule has 1 aliphatic heterocycles. The lowest BCUT2D eigenvalue weighted by Crippen LogP contribution is -2.43. The van der Waals surface area contributed by atoms with Crippen LogP contribution < -0.4 is 4.74 Å². The molecular weight excluding hydrogens is 268 g/mol. The quantitative estimate of drug-likeness (QED) is 0.784. The highest BCUT2D eigenvalue weighted by Gasteiger charge is 2.71. The molecule has 2 fully saturated rings. The topological polar surface area (TPSA) is 52.6 Å². The number of ketones is 1. The molecule has 0 radical (unpaired) electrons. The maximum atomic E-state index is 12.4. The van der Waals surface area contributed by atoms with E-state index < -0.39 is 5.60 Å². The Balaban J connectivity index is 1.63. The van der Waals surface area contributed by atoms with Crippen LogP contribution in [0.5, 0.6) is 5.75 Å². The van der Waals surface area contributed by atoms with Crippen LogP contribution in [0, 0.1) is 17.8 Å². The average Bonchev–Trinajstić information content (AvgIpc) is 3.12. The number of fused-ring (bicyclic) bond motifs is 3. The summed E-state index contributed by atoms with van der Waals surface area (Å²) in [4.78, 5) is 24.4. The molecule has 0 saturated heterocycles. The summed E-state index contributed by atoms with van der Waals surface area (Å²) < 4.78 is 11.4. The fourth-order valence-electron chi connectivity index (χ4n) is 4.32. The number of carbonyl (C=O) groups is 2. The van der Waals surface area contributed by atoms with E-state index in [1.165, 1.54) is 0 Å². The predicted octanol–water partition coefficient (Wildman–Crippen LogP) is 2.61. The van der Waals surface area contributed by atoms with E-state index in [0.717, 1.165) is 12.8 Å². The van der Waals surface area contributed by atoms with Crippen molar-refractivity contribution in [1.82, 2.24) is 0 Å². The van der Waals surface area contributed by atoms with Gasteiger partial charge in [0.2, 0.25) is 0 Å². The van der Waals surface area contributed by atoms with Crippen LogP contribution in [-0.4, -0.2) is 24.0 Å². The minimum absolute atomic E-state index is 0.0724. The Morgan fingerprint density at radius 1 is 1.43 bits per heavy atom. The largest absolute Gasteiger partial charge is 0.486 e. The minimum atomic E-state index is -0.479. The van der Waals surface area contributed by atoms with Crippen molar-refractivity contribution in [3.05, 3.63) is 29.8 Å². The first-order chi connectivity index (χ1) is 10.2. The summed E-state index contributed by atoms with van der Waals surface area (Å²) in [6, 6.07) is 7.40. The summed E-state index contributed by atoms with van der Waals surface area (Å²) in [6.07, 6.45) is 2.20. The summed E-state index contributed by atoms with van der Waals surface area (Å²) >= 11 is 0. The SMILES string of the molecule is CCOC(=O)[C@@H]1[C@H]2CC[C@@]3(CC(=O)c4ccccc4O3)[C@@H]21. The normalized spacial score (nSPS) is 35.9. The minimum Gasteiger partial charge on any atom is -0.486 e. The molecule has 21 heavy (non-hydrogen) atoms. The molecule has 3 aliphatic rings. The van der Waals surface area contributed by atoms with E-state index in [1.807, 2.05) is 31.2 Å². The van der Waals surface area contributed by atoms with Crippen molar-refractivity contribution < 1.29 is 19.1 Å². The highest BCUT2D eigenvalue weighted by Crippen LogP contribution is 2.65. The van der Waals surface area contributed by atoms with Crippen LogP contribution in [0.1, 0.15) is 36.5 Å². The Kier molecular flexibility index (Phi) is 2.65. The maximum absolute atomic E-state index is 12.4. The molecule has 4 heteroatoms. The van der Waals surface area contributed by atoms with E-state index in [1.54, 1.807) is 0 Å². The van der Waals surface area contributed by atoms with Crippen LogP contribution in [0.3, 0.4) is 0 Å². The molecule has 2 aliphatic carbocycles. The van der Waals surface area contributed by atoms with E-state index >= 15 is 0 Å². The third-order valence-corrected chi connectivity index (χ3v) is 5.20. The van der Waals surface area contributed by atoms with E-state index in [4.69, 9.17) is 9.47 Å². The molecule has 4 rings (SSSR count). The van der Waals surface area contributed by atoms with Crippen molar-refractivity contribution in [2.45, 2.75) is 31.8 Å². The maximum Gasteiger partial charge on any atom is 0.309 e. The zero-order valence-electron chi connectivity index (χ0n) is 12.0. The smallest absolute Gasteiger partial charge is 0.309 e. The Morgan fingerprint density at radius 3 is 3.05 bits per heavy atom. The summed E-state index contributed by atoms with van der Waals surface area (Å²) in [7, 11) is 0. The zero-order valence-corrected chi connectivity index (χ0v) is 12.0. The fourth-order valence-corrected chi connectivity index (χ4v) is 4.32. The molecule has 1 spiro atoms. The number of hydrogen-bond acceptors (Lipinski definition) is 4.